The van der Waals surface area contributed by atoms with E-state index in [0.29, 0.717) is 23.6 Å². The third-order valence-electron chi connectivity index (χ3n) is 7.49. The molecule has 0 saturated carbocycles. The van der Waals surface area contributed by atoms with Crippen LogP contribution in [0.5, 0.6) is 0 Å². The second kappa shape index (κ2) is 8.46. The van der Waals surface area contributed by atoms with E-state index in [1.165, 1.54) is 6.33 Å². The number of rotatable bonds is 6. The van der Waals surface area contributed by atoms with Crippen molar-refractivity contribution in [1.29, 1.82) is 0 Å². The molecule has 3 heterocycles. The van der Waals surface area contributed by atoms with E-state index in [4.69, 9.17) is 19.3 Å². The van der Waals surface area contributed by atoms with Crippen molar-refractivity contribution in [2.24, 2.45) is 0 Å². The van der Waals surface area contributed by atoms with Gasteiger partial charge in [-0.2, -0.15) is 0 Å². The van der Waals surface area contributed by atoms with Gasteiger partial charge in [-0.15, -0.1) is 0 Å². The molecule has 0 spiro atoms. The van der Waals surface area contributed by atoms with Crippen LogP contribution in [0.25, 0.3) is 11.2 Å². The standard InChI is InChI=1S/C22H41N5O3Si2/c1-21(2,3)31(7,8)28-12-15-11-16(30-32(9,10)22(4,5)6)20(29-15)27-14-26-17-18(23)24-13-25-19(17)27/h13-16,20H,11-12H2,1-10H3,(H2,23,24,25). The number of hydrogen-bond donors (Lipinski definition) is 1. The van der Waals surface area contributed by atoms with Crippen molar-refractivity contribution in [2.45, 2.75) is 103 Å². The van der Waals surface area contributed by atoms with Gasteiger partial charge < -0.3 is 19.3 Å². The van der Waals surface area contributed by atoms with Crippen LogP contribution in [-0.4, -0.2) is 55.0 Å². The van der Waals surface area contributed by atoms with Crippen LogP contribution in [0.15, 0.2) is 12.7 Å². The van der Waals surface area contributed by atoms with Gasteiger partial charge in [-0.3, -0.25) is 4.57 Å². The van der Waals surface area contributed by atoms with Gasteiger partial charge in [0.05, 0.1) is 25.1 Å². The zero-order valence-corrected chi connectivity index (χ0v) is 23.4. The topological polar surface area (TPSA) is 97.3 Å². The van der Waals surface area contributed by atoms with E-state index in [9.17, 15) is 0 Å². The fraction of sp³-hybridized carbons (Fsp3) is 0.773. The van der Waals surface area contributed by atoms with Crippen molar-refractivity contribution in [3.63, 3.8) is 0 Å². The molecule has 0 radical (unpaired) electrons. The Hall–Kier alpha value is -1.34. The number of fused-ring (bicyclic) bond motifs is 1. The number of ether oxygens (including phenoxy) is 1. The molecule has 180 valence electrons. The van der Waals surface area contributed by atoms with Gasteiger partial charge in [-0.25, -0.2) is 15.0 Å². The smallest absolute Gasteiger partial charge is 0.192 e. The number of nitrogens with zero attached hydrogens (tertiary/aromatic N) is 4. The number of anilines is 1. The maximum absolute atomic E-state index is 6.85. The first kappa shape index (κ1) is 25.3. The summed E-state index contributed by atoms with van der Waals surface area (Å²) < 4.78 is 21.8. The first-order valence-corrected chi connectivity index (χ1v) is 17.3. The third kappa shape index (κ3) is 4.94. The quantitative estimate of drug-likeness (QED) is 0.575. The van der Waals surface area contributed by atoms with Crippen molar-refractivity contribution < 1.29 is 13.6 Å². The summed E-state index contributed by atoms with van der Waals surface area (Å²) in [6.07, 6.45) is 3.47. The highest BCUT2D eigenvalue weighted by Crippen LogP contribution is 2.43. The second-order valence-electron chi connectivity index (χ2n) is 12.0. The SMILES string of the molecule is CC(C)(C)[Si](C)(C)OCC1CC(O[Si](C)(C)C(C)(C)C)C(n2cnc3c(N)ncnc32)O1. The molecule has 32 heavy (non-hydrogen) atoms. The first-order chi connectivity index (χ1) is 14.5. The van der Waals surface area contributed by atoms with Crippen LogP contribution in [0, 0.1) is 0 Å². The largest absolute Gasteiger partial charge is 0.414 e. The summed E-state index contributed by atoms with van der Waals surface area (Å²) >= 11 is 0. The maximum atomic E-state index is 6.85. The first-order valence-electron chi connectivity index (χ1n) is 11.4. The molecule has 0 aromatic carbocycles. The molecular formula is C22H41N5O3Si2. The van der Waals surface area contributed by atoms with Crippen LogP contribution in [0.1, 0.15) is 54.2 Å². The van der Waals surface area contributed by atoms with Crippen LogP contribution in [0.2, 0.25) is 36.3 Å². The number of nitrogens with two attached hydrogens (primary N) is 1. The van der Waals surface area contributed by atoms with Crippen molar-refractivity contribution in [1.82, 2.24) is 19.5 Å². The summed E-state index contributed by atoms with van der Waals surface area (Å²) in [6.45, 7) is 23.2. The predicted octanol–water partition coefficient (Wildman–Crippen LogP) is 5.11. The van der Waals surface area contributed by atoms with E-state index in [-0.39, 0.29) is 28.5 Å². The van der Waals surface area contributed by atoms with Crippen molar-refractivity contribution in [2.75, 3.05) is 12.3 Å². The Morgan fingerprint density at radius 1 is 1.03 bits per heavy atom. The number of aromatic nitrogens is 4. The van der Waals surface area contributed by atoms with Crippen molar-refractivity contribution >= 4 is 33.6 Å². The minimum absolute atomic E-state index is 0.0551. The normalized spacial score (nSPS) is 23.2. The molecule has 3 rings (SSSR count). The van der Waals surface area contributed by atoms with Crippen molar-refractivity contribution in [3.8, 4) is 0 Å². The molecule has 2 N–H and O–H groups in total. The number of hydrogen-bond acceptors (Lipinski definition) is 7. The van der Waals surface area contributed by atoms with Crippen LogP contribution in [0.4, 0.5) is 5.82 Å². The highest BCUT2D eigenvalue weighted by atomic mass is 28.4. The number of nitrogen functional groups attached to an aromatic ring is 1. The van der Waals surface area contributed by atoms with Crippen LogP contribution in [0.3, 0.4) is 0 Å². The van der Waals surface area contributed by atoms with Crippen molar-refractivity contribution in [3.05, 3.63) is 12.7 Å². The van der Waals surface area contributed by atoms with E-state index in [0.717, 1.165) is 6.42 Å². The van der Waals surface area contributed by atoms with Gasteiger partial charge in [0.25, 0.3) is 0 Å². The molecule has 2 aromatic rings. The lowest BCUT2D eigenvalue weighted by atomic mass is 10.2. The molecule has 3 unspecified atom stereocenters. The molecule has 0 aliphatic carbocycles. The summed E-state index contributed by atoms with van der Waals surface area (Å²) in [5.74, 6) is 0.367. The van der Waals surface area contributed by atoms with E-state index in [1.807, 2.05) is 4.57 Å². The Morgan fingerprint density at radius 3 is 2.25 bits per heavy atom. The van der Waals surface area contributed by atoms with Gasteiger partial charge in [0.15, 0.2) is 34.3 Å². The molecule has 1 aliphatic rings. The molecule has 0 bridgehead atoms. The van der Waals surface area contributed by atoms with Gasteiger partial charge in [0, 0.05) is 6.42 Å². The summed E-state index contributed by atoms with van der Waals surface area (Å²) in [6, 6.07) is 0. The van der Waals surface area contributed by atoms with Gasteiger partial charge in [-0.05, 0) is 36.3 Å². The summed E-state index contributed by atoms with van der Waals surface area (Å²) in [5.41, 5.74) is 7.27. The summed E-state index contributed by atoms with van der Waals surface area (Å²) in [5, 5.41) is 0.244. The lowest BCUT2D eigenvalue weighted by Gasteiger charge is -2.39. The Morgan fingerprint density at radius 2 is 1.66 bits per heavy atom. The molecule has 10 heteroatoms. The van der Waals surface area contributed by atoms with Gasteiger partial charge in [0.1, 0.15) is 11.8 Å². The van der Waals surface area contributed by atoms with Gasteiger partial charge >= 0.3 is 0 Å². The fourth-order valence-electron chi connectivity index (χ4n) is 3.30. The van der Waals surface area contributed by atoms with Gasteiger partial charge in [-0.1, -0.05) is 41.5 Å². The Bertz CT molecular complexity index is 949. The molecule has 1 fully saturated rings. The zero-order chi connectivity index (χ0) is 24.1. The lowest BCUT2D eigenvalue weighted by Crippen LogP contribution is -2.45. The fourth-order valence-corrected chi connectivity index (χ4v) is 5.66. The predicted molar refractivity (Wildman–Crippen MR) is 133 cm³/mol. The molecule has 3 atom stereocenters. The van der Waals surface area contributed by atoms with Crippen LogP contribution >= 0.6 is 0 Å². The molecule has 8 nitrogen and oxygen atoms in total. The Kier molecular flexibility index (Phi) is 6.69. The van der Waals surface area contributed by atoms with E-state index >= 15 is 0 Å². The highest BCUT2D eigenvalue weighted by molar-refractivity contribution is 6.74. The average Bonchev–Trinajstić information content (AvgIpc) is 3.22. The summed E-state index contributed by atoms with van der Waals surface area (Å²) in [4.78, 5) is 12.9. The van der Waals surface area contributed by atoms with E-state index in [1.54, 1.807) is 6.33 Å². The zero-order valence-electron chi connectivity index (χ0n) is 21.4. The second-order valence-corrected chi connectivity index (χ2v) is 21.5. The molecule has 0 amide bonds. The highest BCUT2D eigenvalue weighted by Gasteiger charge is 2.46. The minimum Gasteiger partial charge on any atom is -0.414 e. The maximum Gasteiger partial charge on any atom is 0.192 e. The Labute approximate surface area is 194 Å². The van der Waals surface area contributed by atoms with E-state index < -0.39 is 16.6 Å². The molecule has 1 aliphatic heterocycles. The van der Waals surface area contributed by atoms with Gasteiger partial charge in [0.2, 0.25) is 0 Å². The molecular weight excluding hydrogens is 438 g/mol. The molecule has 1 saturated heterocycles. The lowest BCUT2D eigenvalue weighted by molar-refractivity contribution is -0.0443. The number of imidazole rings is 1. The van der Waals surface area contributed by atoms with Crippen LogP contribution < -0.4 is 5.73 Å². The molecule has 2 aromatic heterocycles. The monoisotopic (exact) mass is 479 g/mol. The average molecular weight is 480 g/mol. The third-order valence-corrected chi connectivity index (χ3v) is 16.5. The summed E-state index contributed by atoms with van der Waals surface area (Å²) in [7, 11) is -3.90. The minimum atomic E-state index is -2.03. The Balaban J connectivity index is 1.89. The van der Waals surface area contributed by atoms with Crippen LogP contribution in [-0.2, 0) is 13.6 Å². The van der Waals surface area contributed by atoms with E-state index in [2.05, 4.69) is 82.7 Å².